The number of carbonyl (C=O) groups excluding carboxylic acids is 1. The van der Waals surface area contributed by atoms with E-state index in [4.69, 9.17) is 16.3 Å². The summed E-state index contributed by atoms with van der Waals surface area (Å²) in [6, 6.07) is 6.17. The van der Waals surface area contributed by atoms with E-state index in [1.807, 2.05) is 0 Å². The van der Waals surface area contributed by atoms with Crippen molar-refractivity contribution in [3.05, 3.63) is 29.3 Å². The maximum Gasteiger partial charge on any atom is 0.308 e. The van der Waals surface area contributed by atoms with Gasteiger partial charge in [-0.25, -0.2) is 13.1 Å². The van der Waals surface area contributed by atoms with E-state index in [-0.39, 0.29) is 27.8 Å². The highest BCUT2D eigenvalue weighted by atomic mass is 35.5. The molecule has 0 aliphatic heterocycles. The third-order valence-corrected chi connectivity index (χ3v) is 5.73. The van der Waals surface area contributed by atoms with Crippen LogP contribution in [-0.2, 0) is 19.6 Å². The van der Waals surface area contributed by atoms with Crippen molar-refractivity contribution >= 4 is 27.6 Å². The third-order valence-electron chi connectivity index (χ3n) is 3.71. The molecule has 1 aliphatic rings. The smallest absolute Gasteiger partial charge is 0.308 e. The molecule has 0 heterocycles. The monoisotopic (exact) mass is 331 g/mol. The van der Waals surface area contributed by atoms with Crippen LogP contribution < -0.4 is 4.72 Å². The Kier molecular flexibility index (Phi) is 5.24. The minimum atomic E-state index is -3.63. The topological polar surface area (TPSA) is 72.5 Å². The lowest BCUT2D eigenvalue weighted by atomic mass is 9.86. The molecule has 7 heteroatoms. The van der Waals surface area contributed by atoms with E-state index in [2.05, 4.69) is 4.72 Å². The molecule has 0 spiro atoms. The van der Waals surface area contributed by atoms with E-state index in [0.29, 0.717) is 25.7 Å². The Morgan fingerprint density at radius 2 is 1.86 bits per heavy atom. The van der Waals surface area contributed by atoms with Gasteiger partial charge in [0, 0.05) is 6.04 Å². The van der Waals surface area contributed by atoms with Gasteiger partial charge >= 0.3 is 5.97 Å². The minimum absolute atomic E-state index is 0.0850. The van der Waals surface area contributed by atoms with E-state index in [1.165, 1.54) is 13.2 Å². The summed E-state index contributed by atoms with van der Waals surface area (Å²) in [4.78, 5) is 11.5. The lowest BCUT2D eigenvalue weighted by Crippen LogP contribution is -2.38. The highest BCUT2D eigenvalue weighted by Gasteiger charge is 2.30. The number of methoxy groups -OCH3 is 1. The number of halogens is 1. The fraction of sp³-hybridized carbons (Fsp3) is 0.500. The molecule has 1 aliphatic carbocycles. The molecule has 1 fully saturated rings. The minimum Gasteiger partial charge on any atom is -0.469 e. The van der Waals surface area contributed by atoms with Crippen LogP contribution in [0.4, 0.5) is 0 Å². The molecule has 0 bridgehead atoms. The second kappa shape index (κ2) is 6.77. The van der Waals surface area contributed by atoms with Crippen molar-refractivity contribution in [2.24, 2.45) is 5.92 Å². The number of carbonyl (C=O) groups is 1. The fourth-order valence-corrected chi connectivity index (χ4v) is 4.38. The van der Waals surface area contributed by atoms with E-state index in [9.17, 15) is 13.2 Å². The highest BCUT2D eigenvalue weighted by Crippen LogP contribution is 2.27. The second-order valence-electron chi connectivity index (χ2n) is 5.12. The van der Waals surface area contributed by atoms with Crippen LogP contribution in [0.2, 0.25) is 5.02 Å². The molecule has 21 heavy (non-hydrogen) atoms. The molecule has 0 aromatic heterocycles. The first-order valence-corrected chi connectivity index (χ1v) is 8.65. The standard InChI is InChI=1S/C14H18ClNO4S/c1-20-14(17)10-6-8-11(9-7-10)16-21(18,19)13-5-3-2-4-12(13)15/h2-5,10-11,16H,6-9H2,1H3. The number of ether oxygens (including phenoxy) is 1. The number of hydrogen-bond donors (Lipinski definition) is 1. The molecule has 116 valence electrons. The molecule has 0 saturated heterocycles. The number of esters is 1. The first-order chi connectivity index (χ1) is 9.94. The number of rotatable bonds is 4. The summed E-state index contributed by atoms with van der Waals surface area (Å²) in [5.41, 5.74) is 0. The molecular formula is C14H18ClNO4S. The zero-order valence-corrected chi connectivity index (χ0v) is 13.3. The fourth-order valence-electron chi connectivity index (χ4n) is 2.56. The number of benzene rings is 1. The van der Waals surface area contributed by atoms with Crippen LogP contribution in [-0.4, -0.2) is 27.5 Å². The van der Waals surface area contributed by atoms with Crippen molar-refractivity contribution in [1.29, 1.82) is 0 Å². The van der Waals surface area contributed by atoms with Crippen LogP contribution in [0, 0.1) is 5.92 Å². The van der Waals surface area contributed by atoms with Gasteiger partial charge in [0.2, 0.25) is 10.0 Å². The molecule has 2 rings (SSSR count). The third kappa shape index (κ3) is 3.96. The maximum atomic E-state index is 12.3. The van der Waals surface area contributed by atoms with Crippen molar-refractivity contribution in [1.82, 2.24) is 4.72 Å². The Hall–Kier alpha value is -1.11. The van der Waals surface area contributed by atoms with Crippen molar-refractivity contribution in [3.8, 4) is 0 Å². The summed E-state index contributed by atoms with van der Waals surface area (Å²) < 4.78 is 32.0. The van der Waals surface area contributed by atoms with Crippen molar-refractivity contribution in [3.63, 3.8) is 0 Å². The van der Waals surface area contributed by atoms with E-state index < -0.39 is 10.0 Å². The zero-order chi connectivity index (χ0) is 15.5. The zero-order valence-electron chi connectivity index (χ0n) is 11.7. The number of hydrogen-bond acceptors (Lipinski definition) is 4. The van der Waals surface area contributed by atoms with Gasteiger partial charge in [0.05, 0.1) is 18.1 Å². The SMILES string of the molecule is COC(=O)C1CCC(NS(=O)(=O)c2ccccc2Cl)CC1. The number of nitrogens with one attached hydrogen (secondary N) is 1. The Bertz CT molecular complexity index is 609. The van der Waals surface area contributed by atoms with E-state index in [0.717, 1.165) is 0 Å². The highest BCUT2D eigenvalue weighted by molar-refractivity contribution is 7.89. The van der Waals surface area contributed by atoms with Crippen LogP contribution in [0.5, 0.6) is 0 Å². The lowest BCUT2D eigenvalue weighted by molar-refractivity contribution is -0.146. The lowest BCUT2D eigenvalue weighted by Gasteiger charge is -2.27. The molecule has 5 nitrogen and oxygen atoms in total. The molecular weight excluding hydrogens is 314 g/mol. The van der Waals surface area contributed by atoms with Gasteiger partial charge in [0.1, 0.15) is 4.90 Å². The summed E-state index contributed by atoms with van der Waals surface area (Å²) in [6.45, 7) is 0. The Balaban J connectivity index is 2.00. The van der Waals surface area contributed by atoms with Crippen molar-refractivity contribution in [2.45, 2.75) is 36.6 Å². The Labute approximate surface area is 129 Å². The maximum absolute atomic E-state index is 12.3. The van der Waals surface area contributed by atoms with Gasteiger partial charge in [0.15, 0.2) is 0 Å². The van der Waals surface area contributed by atoms with Gasteiger partial charge < -0.3 is 4.74 Å². The van der Waals surface area contributed by atoms with Crippen LogP contribution in [0.25, 0.3) is 0 Å². The quantitative estimate of drug-likeness (QED) is 0.860. The van der Waals surface area contributed by atoms with Gasteiger partial charge in [-0.05, 0) is 37.8 Å². The van der Waals surface area contributed by atoms with Gasteiger partial charge in [-0.3, -0.25) is 4.79 Å². The van der Waals surface area contributed by atoms with Crippen LogP contribution in [0.1, 0.15) is 25.7 Å². The van der Waals surface area contributed by atoms with E-state index in [1.54, 1.807) is 18.2 Å². The second-order valence-corrected chi connectivity index (χ2v) is 7.21. The average Bonchev–Trinajstić information content (AvgIpc) is 2.47. The average molecular weight is 332 g/mol. The molecule has 0 atom stereocenters. The molecule has 0 radical (unpaired) electrons. The summed E-state index contributed by atoms with van der Waals surface area (Å²) in [7, 11) is -2.26. The van der Waals surface area contributed by atoms with Gasteiger partial charge in [-0.15, -0.1) is 0 Å². The van der Waals surface area contributed by atoms with Gasteiger partial charge in [-0.2, -0.15) is 0 Å². The molecule has 1 N–H and O–H groups in total. The largest absolute Gasteiger partial charge is 0.469 e. The first-order valence-electron chi connectivity index (χ1n) is 6.78. The van der Waals surface area contributed by atoms with Crippen LogP contribution in [0.15, 0.2) is 29.2 Å². The Morgan fingerprint density at radius 1 is 1.24 bits per heavy atom. The summed E-state index contributed by atoms with van der Waals surface area (Å²) in [5, 5.41) is 0.202. The molecule has 1 aromatic rings. The first kappa shape index (κ1) is 16.3. The van der Waals surface area contributed by atoms with Crippen molar-refractivity contribution < 1.29 is 17.9 Å². The van der Waals surface area contributed by atoms with Crippen molar-refractivity contribution in [2.75, 3.05) is 7.11 Å². The summed E-state index contributed by atoms with van der Waals surface area (Å²) >= 11 is 5.93. The van der Waals surface area contributed by atoms with Crippen LogP contribution >= 0.6 is 11.6 Å². The number of sulfonamides is 1. The molecule has 1 saturated carbocycles. The molecule has 0 unspecified atom stereocenters. The Morgan fingerprint density at radius 3 is 2.43 bits per heavy atom. The van der Waals surface area contributed by atoms with Crippen LogP contribution in [0.3, 0.4) is 0 Å². The normalized spacial score (nSPS) is 22.8. The predicted molar refractivity (Wildman–Crippen MR) is 79.5 cm³/mol. The van der Waals surface area contributed by atoms with E-state index >= 15 is 0 Å². The molecule has 0 amide bonds. The van der Waals surface area contributed by atoms with Gasteiger partial charge in [-0.1, -0.05) is 23.7 Å². The summed E-state index contributed by atoms with van der Waals surface area (Å²) in [6.07, 6.45) is 2.48. The predicted octanol–water partition coefficient (Wildman–Crippen LogP) is 2.35. The molecule has 1 aromatic carbocycles. The summed E-state index contributed by atoms with van der Waals surface area (Å²) in [5.74, 6) is -0.349. The van der Waals surface area contributed by atoms with Gasteiger partial charge in [0.25, 0.3) is 0 Å².